The number of aryl methyl sites for hydroxylation is 1. The third-order valence-electron chi connectivity index (χ3n) is 5.76. The largest absolute Gasteiger partial charge is 0.497 e. The van der Waals surface area contributed by atoms with Crippen molar-refractivity contribution in [3.8, 4) is 17.1 Å². The second-order valence-electron chi connectivity index (χ2n) is 7.88. The fourth-order valence-electron chi connectivity index (χ4n) is 4.14. The summed E-state index contributed by atoms with van der Waals surface area (Å²) in [5, 5.41) is 4.08. The summed E-state index contributed by atoms with van der Waals surface area (Å²) < 4.78 is 12.8. The Kier molecular flexibility index (Phi) is 5.91. The van der Waals surface area contributed by atoms with Crippen LogP contribution in [0.5, 0.6) is 5.75 Å². The molecule has 0 radical (unpaired) electrons. The zero-order valence-corrected chi connectivity index (χ0v) is 20.6. The molecular weight excluding hydrogens is 498 g/mol. The van der Waals surface area contributed by atoms with Gasteiger partial charge in [-0.3, -0.25) is 4.98 Å². The fraction of sp³-hybridized carbons (Fsp3) is 0.154. The lowest BCUT2D eigenvalue weighted by atomic mass is 10.0. The van der Waals surface area contributed by atoms with Crippen molar-refractivity contribution >= 4 is 38.9 Å². The van der Waals surface area contributed by atoms with Gasteiger partial charge in [0.05, 0.1) is 18.8 Å². The molecule has 0 spiro atoms. The van der Waals surface area contributed by atoms with Gasteiger partial charge < -0.3 is 19.4 Å². The highest BCUT2D eigenvalue weighted by atomic mass is 79.9. The SMILES string of the molecule is COc1ccc(N2C(=S)NC(c3ccccn3)C2c2ccc(-c3ccc(C)cc3Br)o2)cc1. The Morgan fingerprint density at radius 3 is 2.58 bits per heavy atom. The zero-order chi connectivity index (χ0) is 22.9. The smallest absolute Gasteiger partial charge is 0.174 e. The van der Waals surface area contributed by atoms with Gasteiger partial charge in [0.1, 0.15) is 23.3 Å². The van der Waals surface area contributed by atoms with E-state index in [1.807, 2.05) is 54.6 Å². The first-order valence-corrected chi connectivity index (χ1v) is 11.8. The minimum Gasteiger partial charge on any atom is -0.497 e. The van der Waals surface area contributed by atoms with Gasteiger partial charge in [0.2, 0.25) is 0 Å². The second kappa shape index (κ2) is 9.00. The normalized spacial score (nSPS) is 17.8. The average Bonchev–Trinajstić information content (AvgIpc) is 3.44. The van der Waals surface area contributed by atoms with Crippen molar-refractivity contribution in [1.82, 2.24) is 10.3 Å². The predicted molar refractivity (Wildman–Crippen MR) is 138 cm³/mol. The van der Waals surface area contributed by atoms with Crippen molar-refractivity contribution in [3.63, 3.8) is 0 Å². The molecule has 1 N–H and O–H groups in total. The number of methoxy groups -OCH3 is 1. The third-order valence-corrected chi connectivity index (χ3v) is 6.73. The number of aromatic nitrogens is 1. The van der Waals surface area contributed by atoms with Crippen molar-refractivity contribution in [2.45, 2.75) is 19.0 Å². The number of benzene rings is 2. The lowest BCUT2D eigenvalue weighted by Gasteiger charge is -2.26. The lowest BCUT2D eigenvalue weighted by Crippen LogP contribution is -2.29. The minimum absolute atomic E-state index is 0.165. The standard InChI is InChI=1S/C26H22BrN3O2S/c1-16-6-11-19(20(27)15-16)22-12-13-23(32-22)25-24(21-5-3-4-14-28-21)29-26(33)30(25)17-7-9-18(31-2)10-8-17/h3-15,24-25H,1-2H3,(H,29,33). The topological polar surface area (TPSA) is 50.5 Å². The molecule has 3 heterocycles. The van der Waals surface area contributed by atoms with Crippen molar-refractivity contribution in [1.29, 1.82) is 0 Å². The molecule has 1 aliphatic rings. The Morgan fingerprint density at radius 1 is 1.06 bits per heavy atom. The van der Waals surface area contributed by atoms with Crippen molar-refractivity contribution in [2.24, 2.45) is 0 Å². The summed E-state index contributed by atoms with van der Waals surface area (Å²) in [7, 11) is 1.66. The predicted octanol–water partition coefficient (Wildman–Crippen LogP) is 6.60. The van der Waals surface area contributed by atoms with Crippen molar-refractivity contribution in [3.05, 3.63) is 100 Å². The van der Waals surface area contributed by atoms with Gasteiger partial charge in [-0.15, -0.1) is 0 Å². The van der Waals surface area contributed by atoms with Gasteiger partial charge in [-0.25, -0.2) is 0 Å². The van der Waals surface area contributed by atoms with E-state index in [2.05, 4.69) is 56.3 Å². The number of hydrogen-bond acceptors (Lipinski definition) is 4. The molecule has 2 atom stereocenters. The number of halogens is 1. The number of nitrogens with zero attached hydrogens (tertiary/aromatic N) is 2. The van der Waals surface area contributed by atoms with Crippen LogP contribution in [0.25, 0.3) is 11.3 Å². The second-order valence-corrected chi connectivity index (χ2v) is 9.12. The summed E-state index contributed by atoms with van der Waals surface area (Å²) in [6.07, 6.45) is 1.80. The molecule has 5 rings (SSSR count). The highest BCUT2D eigenvalue weighted by Crippen LogP contribution is 2.43. The number of thiocarbonyl (C=S) groups is 1. The average molecular weight is 520 g/mol. The molecule has 2 unspecified atom stereocenters. The van der Waals surface area contributed by atoms with E-state index in [-0.39, 0.29) is 12.1 Å². The number of hydrogen-bond donors (Lipinski definition) is 1. The quantitative estimate of drug-likeness (QED) is 0.300. The van der Waals surface area contributed by atoms with Gasteiger partial charge in [-0.1, -0.05) is 28.1 Å². The fourth-order valence-corrected chi connectivity index (χ4v) is 5.18. The van der Waals surface area contributed by atoms with E-state index in [4.69, 9.17) is 21.4 Å². The van der Waals surface area contributed by atoms with Crippen LogP contribution >= 0.6 is 28.1 Å². The van der Waals surface area contributed by atoms with Crippen LogP contribution in [0, 0.1) is 6.92 Å². The zero-order valence-electron chi connectivity index (χ0n) is 18.2. The number of anilines is 1. The first-order chi connectivity index (χ1) is 16.0. The molecule has 33 heavy (non-hydrogen) atoms. The maximum atomic E-state index is 6.45. The molecule has 0 aliphatic carbocycles. The molecule has 2 aromatic heterocycles. The molecule has 2 aromatic carbocycles. The lowest BCUT2D eigenvalue weighted by molar-refractivity contribution is 0.414. The third kappa shape index (κ3) is 4.14. The molecule has 0 amide bonds. The Bertz CT molecular complexity index is 1290. The summed E-state index contributed by atoms with van der Waals surface area (Å²) in [4.78, 5) is 6.68. The minimum atomic E-state index is -0.209. The van der Waals surface area contributed by atoms with Crippen LogP contribution in [-0.4, -0.2) is 17.2 Å². The summed E-state index contributed by atoms with van der Waals surface area (Å²) in [6, 6.07) is 23.6. The van der Waals surface area contributed by atoms with E-state index in [1.54, 1.807) is 13.3 Å². The molecule has 1 fully saturated rings. The maximum Gasteiger partial charge on any atom is 0.174 e. The van der Waals surface area contributed by atoms with E-state index in [0.717, 1.165) is 38.7 Å². The van der Waals surface area contributed by atoms with Gasteiger partial charge in [0.25, 0.3) is 0 Å². The molecule has 7 heteroatoms. The Morgan fingerprint density at radius 2 is 1.88 bits per heavy atom. The van der Waals surface area contributed by atoms with E-state index in [9.17, 15) is 0 Å². The van der Waals surface area contributed by atoms with Crippen LogP contribution in [-0.2, 0) is 0 Å². The summed E-state index contributed by atoms with van der Waals surface area (Å²) in [5.41, 5.74) is 4.04. The van der Waals surface area contributed by atoms with Gasteiger partial charge in [-0.2, -0.15) is 0 Å². The summed E-state index contributed by atoms with van der Waals surface area (Å²) in [6.45, 7) is 2.07. The van der Waals surface area contributed by atoms with Crippen LogP contribution < -0.4 is 15.0 Å². The van der Waals surface area contributed by atoms with Crippen LogP contribution in [0.2, 0.25) is 0 Å². The number of rotatable bonds is 5. The number of pyridine rings is 1. The molecule has 5 nitrogen and oxygen atoms in total. The Balaban J connectivity index is 1.59. The van der Waals surface area contributed by atoms with Gasteiger partial charge in [0.15, 0.2) is 5.11 Å². The Hall–Kier alpha value is -3.16. The van der Waals surface area contributed by atoms with Gasteiger partial charge in [-0.05, 0) is 85.4 Å². The molecule has 166 valence electrons. The van der Waals surface area contributed by atoms with Crippen LogP contribution in [0.1, 0.15) is 29.1 Å². The highest BCUT2D eigenvalue weighted by Gasteiger charge is 2.42. The first-order valence-electron chi connectivity index (χ1n) is 10.6. The van der Waals surface area contributed by atoms with E-state index in [0.29, 0.717) is 5.11 Å². The van der Waals surface area contributed by atoms with Crippen LogP contribution in [0.15, 0.2) is 87.9 Å². The van der Waals surface area contributed by atoms with Crippen LogP contribution in [0.3, 0.4) is 0 Å². The summed E-state index contributed by atoms with van der Waals surface area (Å²) >= 11 is 9.45. The molecule has 0 bridgehead atoms. The summed E-state index contributed by atoms with van der Waals surface area (Å²) in [5.74, 6) is 2.39. The number of ether oxygens (including phenoxy) is 1. The monoisotopic (exact) mass is 519 g/mol. The molecule has 0 saturated carbocycles. The first kappa shape index (κ1) is 21.7. The van der Waals surface area contributed by atoms with Crippen molar-refractivity contribution in [2.75, 3.05) is 12.0 Å². The number of nitrogens with one attached hydrogen (secondary N) is 1. The van der Waals surface area contributed by atoms with E-state index in [1.165, 1.54) is 5.56 Å². The van der Waals surface area contributed by atoms with Gasteiger partial charge >= 0.3 is 0 Å². The molecule has 1 saturated heterocycles. The van der Waals surface area contributed by atoms with E-state index < -0.39 is 0 Å². The van der Waals surface area contributed by atoms with E-state index >= 15 is 0 Å². The molecular formula is C26H22BrN3O2S. The van der Waals surface area contributed by atoms with Crippen LogP contribution in [0.4, 0.5) is 5.69 Å². The highest BCUT2D eigenvalue weighted by molar-refractivity contribution is 9.10. The number of furan rings is 1. The maximum absolute atomic E-state index is 6.45. The van der Waals surface area contributed by atoms with Gasteiger partial charge in [0, 0.05) is 21.9 Å². The molecule has 1 aliphatic heterocycles. The van der Waals surface area contributed by atoms with Crippen molar-refractivity contribution < 1.29 is 9.15 Å². The molecule has 4 aromatic rings. The Labute approximate surface area is 206 Å².